The van der Waals surface area contributed by atoms with E-state index in [1.807, 2.05) is 18.2 Å². The number of hydrogen-bond acceptors (Lipinski definition) is 1. The number of hydrogen-bond donors (Lipinski definition) is 0. The van der Waals surface area contributed by atoms with E-state index >= 15 is 0 Å². The van der Waals surface area contributed by atoms with E-state index in [-0.39, 0.29) is 11.7 Å². The van der Waals surface area contributed by atoms with Gasteiger partial charge in [-0.15, -0.1) is 0 Å². The van der Waals surface area contributed by atoms with Crippen molar-refractivity contribution < 1.29 is 4.79 Å². The molecule has 0 radical (unpaired) electrons. The molecule has 0 saturated carbocycles. The predicted molar refractivity (Wildman–Crippen MR) is 64.0 cm³/mol. The fraction of sp³-hybridized carbons (Fsp3) is 0.500. The van der Waals surface area contributed by atoms with Crippen molar-refractivity contribution in [3.63, 3.8) is 0 Å². The Morgan fingerprint density at radius 3 is 2.40 bits per heavy atom. The van der Waals surface area contributed by atoms with Crippen LogP contribution in [-0.4, -0.2) is 5.78 Å². The number of carbonyl (C=O) groups is 1. The van der Waals surface area contributed by atoms with Gasteiger partial charge < -0.3 is 0 Å². The van der Waals surface area contributed by atoms with Crippen LogP contribution in [0.4, 0.5) is 0 Å². The third kappa shape index (κ3) is 3.86. The molecule has 0 amide bonds. The molecule has 0 aromatic heterocycles. The highest BCUT2D eigenvalue weighted by atomic mass is 16.1. The van der Waals surface area contributed by atoms with Gasteiger partial charge in [-0.3, -0.25) is 4.79 Å². The van der Waals surface area contributed by atoms with E-state index in [0.717, 1.165) is 12.8 Å². The number of Topliss-reactive ketones (excluding diaryl/α,β-unsaturated/α-hetero) is 1. The lowest BCUT2D eigenvalue weighted by atomic mass is 9.90. The quantitative estimate of drug-likeness (QED) is 0.641. The molecule has 0 N–H and O–H groups in total. The largest absolute Gasteiger partial charge is 0.299 e. The second-order valence-corrected chi connectivity index (χ2v) is 4.07. The molecule has 1 atom stereocenters. The first-order valence-corrected chi connectivity index (χ1v) is 5.81. The van der Waals surface area contributed by atoms with Gasteiger partial charge in [-0.2, -0.15) is 0 Å². The first-order chi connectivity index (χ1) is 7.25. The molecule has 1 heteroatoms. The van der Waals surface area contributed by atoms with Crippen LogP contribution < -0.4 is 0 Å². The van der Waals surface area contributed by atoms with Gasteiger partial charge >= 0.3 is 0 Å². The van der Waals surface area contributed by atoms with Crippen molar-refractivity contribution >= 4 is 5.78 Å². The van der Waals surface area contributed by atoms with Crippen LogP contribution in [0.25, 0.3) is 0 Å². The second-order valence-electron chi connectivity index (χ2n) is 4.07. The van der Waals surface area contributed by atoms with Gasteiger partial charge in [-0.1, -0.05) is 56.5 Å². The van der Waals surface area contributed by atoms with Crippen molar-refractivity contribution in [2.24, 2.45) is 0 Å². The highest BCUT2D eigenvalue weighted by Gasteiger charge is 2.15. The minimum atomic E-state index is 0.109. The van der Waals surface area contributed by atoms with Crippen LogP contribution in [0.1, 0.15) is 51.0 Å². The maximum absolute atomic E-state index is 11.5. The molecule has 15 heavy (non-hydrogen) atoms. The minimum Gasteiger partial charge on any atom is -0.299 e. The van der Waals surface area contributed by atoms with Crippen LogP contribution in [0.2, 0.25) is 0 Å². The average molecular weight is 204 g/mol. The third-order valence-corrected chi connectivity index (χ3v) is 2.79. The van der Waals surface area contributed by atoms with Gasteiger partial charge in [0.1, 0.15) is 5.78 Å². The molecule has 0 aliphatic carbocycles. The summed E-state index contributed by atoms with van der Waals surface area (Å²) in [5.41, 5.74) is 1.17. The van der Waals surface area contributed by atoms with E-state index in [1.54, 1.807) is 6.92 Å². The summed E-state index contributed by atoms with van der Waals surface area (Å²) in [5.74, 6) is 0.398. The molecular weight excluding hydrogens is 184 g/mol. The van der Waals surface area contributed by atoms with Crippen molar-refractivity contribution in [2.45, 2.75) is 45.4 Å². The van der Waals surface area contributed by atoms with Crippen LogP contribution in [0.5, 0.6) is 0 Å². The Morgan fingerprint density at radius 1 is 1.20 bits per heavy atom. The van der Waals surface area contributed by atoms with Gasteiger partial charge in [0, 0.05) is 5.92 Å². The Hall–Kier alpha value is -1.11. The summed E-state index contributed by atoms with van der Waals surface area (Å²) < 4.78 is 0. The summed E-state index contributed by atoms with van der Waals surface area (Å²) >= 11 is 0. The molecule has 1 aromatic rings. The summed E-state index contributed by atoms with van der Waals surface area (Å²) in [5, 5.41) is 0. The van der Waals surface area contributed by atoms with Crippen molar-refractivity contribution in [1.82, 2.24) is 0 Å². The van der Waals surface area contributed by atoms with Gasteiger partial charge in [0.05, 0.1) is 0 Å². The zero-order chi connectivity index (χ0) is 11.1. The van der Waals surface area contributed by atoms with Gasteiger partial charge in [-0.25, -0.2) is 0 Å². The Bertz CT molecular complexity index is 289. The maximum Gasteiger partial charge on any atom is 0.137 e. The van der Waals surface area contributed by atoms with Crippen molar-refractivity contribution in [3.05, 3.63) is 35.9 Å². The normalized spacial score (nSPS) is 12.4. The number of unbranched alkanes of at least 4 members (excludes halogenated alkanes) is 2. The highest BCUT2D eigenvalue weighted by Crippen LogP contribution is 2.23. The van der Waals surface area contributed by atoms with Crippen molar-refractivity contribution in [3.8, 4) is 0 Å². The molecular formula is C14H20O. The lowest BCUT2D eigenvalue weighted by Crippen LogP contribution is -2.08. The van der Waals surface area contributed by atoms with Gasteiger partial charge in [0.2, 0.25) is 0 Å². The highest BCUT2D eigenvalue weighted by molar-refractivity contribution is 5.83. The average Bonchev–Trinajstić information content (AvgIpc) is 2.25. The second kappa shape index (κ2) is 6.39. The molecule has 0 heterocycles. The fourth-order valence-corrected chi connectivity index (χ4v) is 1.89. The fourth-order valence-electron chi connectivity index (χ4n) is 1.89. The van der Waals surface area contributed by atoms with Gasteiger partial charge in [0.15, 0.2) is 0 Å². The van der Waals surface area contributed by atoms with Gasteiger partial charge in [0.25, 0.3) is 0 Å². The van der Waals surface area contributed by atoms with Crippen LogP contribution in [0.15, 0.2) is 30.3 Å². The first-order valence-electron chi connectivity index (χ1n) is 5.81. The Balaban J connectivity index is 2.62. The maximum atomic E-state index is 11.5. The van der Waals surface area contributed by atoms with Crippen molar-refractivity contribution in [1.29, 1.82) is 0 Å². The number of rotatable bonds is 6. The molecule has 0 bridgehead atoms. The summed E-state index contributed by atoms with van der Waals surface area (Å²) in [6.07, 6.45) is 4.57. The Labute approximate surface area is 92.5 Å². The third-order valence-electron chi connectivity index (χ3n) is 2.79. The number of carbonyl (C=O) groups excluding carboxylic acids is 1. The monoisotopic (exact) mass is 204 g/mol. The SMILES string of the molecule is CCCCC[C@H](C(C)=O)c1ccccc1. The Kier molecular flexibility index (Phi) is 5.09. The smallest absolute Gasteiger partial charge is 0.137 e. The van der Waals surface area contributed by atoms with E-state index < -0.39 is 0 Å². The van der Waals surface area contributed by atoms with Crippen LogP contribution in [0.3, 0.4) is 0 Å². The zero-order valence-electron chi connectivity index (χ0n) is 9.70. The molecule has 1 aromatic carbocycles. The lowest BCUT2D eigenvalue weighted by Gasteiger charge is -2.13. The van der Waals surface area contributed by atoms with Crippen molar-refractivity contribution in [2.75, 3.05) is 0 Å². The van der Waals surface area contributed by atoms with E-state index in [0.29, 0.717) is 0 Å². The molecule has 0 aliphatic heterocycles. The van der Waals surface area contributed by atoms with Crippen LogP contribution in [0, 0.1) is 0 Å². The molecule has 1 nitrogen and oxygen atoms in total. The van der Waals surface area contributed by atoms with Crippen LogP contribution >= 0.6 is 0 Å². The van der Waals surface area contributed by atoms with E-state index in [4.69, 9.17) is 0 Å². The summed E-state index contributed by atoms with van der Waals surface area (Å²) in [6, 6.07) is 10.1. The number of benzene rings is 1. The molecule has 0 fully saturated rings. The standard InChI is InChI=1S/C14H20O/c1-3-4-6-11-14(12(2)15)13-9-7-5-8-10-13/h5,7-10,14H,3-4,6,11H2,1-2H3/t14-/m1/s1. The summed E-state index contributed by atoms with van der Waals surface area (Å²) in [6.45, 7) is 3.88. The first kappa shape index (κ1) is 12.0. The van der Waals surface area contributed by atoms with E-state index in [1.165, 1.54) is 18.4 Å². The molecule has 82 valence electrons. The zero-order valence-corrected chi connectivity index (χ0v) is 9.70. The van der Waals surface area contributed by atoms with Gasteiger partial charge in [-0.05, 0) is 18.9 Å². The topological polar surface area (TPSA) is 17.1 Å². The molecule has 0 aliphatic rings. The van der Waals surface area contributed by atoms with E-state index in [9.17, 15) is 4.79 Å². The Morgan fingerprint density at radius 2 is 1.87 bits per heavy atom. The molecule has 0 spiro atoms. The minimum absolute atomic E-state index is 0.109. The molecule has 0 unspecified atom stereocenters. The summed E-state index contributed by atoms with van der Waals surface area (Å²) in [7, 11) is 0. The van der Waals surface area contributed by atoms with Crippen LogP contribution in [-0.2, 0) is 4.79 Å². The molecule has 0 saturated heterocycles. The number of ketones is 1. The van der Waals surface area contributed by atoms with E-state index in [2.05, 4.69) is 19.1 Å². The summed E-state index contributed by atoms with van der Waals surface area (Å²) in [4.78, 5) is 11.5. The predicted octanol–water partition coefficient (Wildman–Crippen LogP) is 3.94. The molecule has 1 rings (SSSR count). The lowest BCUT2D eigenvalue weighted by molar-refractivity contribution is -0.118.